The Morgan fingerprint density at radius 1 is 1.21 bits per heavy atom. The lowest BCUT2D eigenvalue weighted by atomic mass is 10.1. The Bertz CT molecular complexity index is 525. The summed E-state index contributed by atoms with van der Waals surface area (Å²) in [6.45, 7) is 1.61. The molecule has 19 heavy (non-hydrogen) atoms. The van der Waals surface area contributed by atoms with Gasteiger partial charge in [0.25, 0.3) is 0 Å². The molecule has 1 aromatic heterocycles. The van der Waals surface area contributed by atoms with Gasteiger partial charge < -0.3 is 5.32 Å². The minimum absolute atomic E-state index is 0.209. The molecule has 5 heteroatoms. The number of nitro groups is 1. The van der Waals surface area contributed by atoms with Crippen LogP contribution in [-0.4, -0.2) is 11.5 Å². The number of aryl methyl sites for hydroxylation is 1. The number of nitrogens with one attached hydrogen (secondary N) is 1. The molecule has 0 aliphatic carbocycles. The van der Waals surface area contributed by atoms with E-state index in [-0.39, 0.29) is 9.92 Å². The third-order valence-electron chi connectivity index (χ3n) is 2.81. The van der Waals surface area contributed by atoms with Gasteiger partial charge in [-0.3, -0.25) is 10.1 Å². The van der Waals surface area contributed by atoms with Crippen molar-refractivity contribution in [1.82, 2.24) is 5.32 Å². The van der Waals surface area contributed by atoms with Gasteiger partial charge in [-0.25, -0.2) is 0 Å². The molecular formula is C14H16N2O2S. The summed E-state index contributed by atoms with van der Waals surface area (Å²) in [6.07, 6.45) is 2.12. The Labute approximate surface area is 116 Å². The van der Waals surface area contributed by atoms with Gasteiger partial charge in [0.15, 0.2) is 0 Å². The highest BCUT2D eigenvalue weighted by molar-refractivity contribution is 7.13. The van der Waals surface area contributed by atoms with Gasteiger partial charge in [0.2, 0.25) is 0 Å². The van der Waals surface area contributed by atoms with Crippen molar-refractivity contribution < 1.29 is 4.92 Å². The zero-order chi connectivity index (χ0) is 13.5. The van der Waals surface area contributed by atoms with E-state index in [2.05, 4.69) is 17.4 Å². The summed E-state index contributed by atoms with van der Waals surface area (Å²) in [5, 5.41) is 15.9. The van der Waals surface area contributed by atoms with E-state index in [1.807, 2.05) is 23.6 Å². The molecule has 1 aromatic carbocycles. The first-order valence-electron chi connectivity index (χ1n) is 6.22. The second-order valence-electron chi connectivity index (χ2n) is 4.32. The monoisotopic (exact) mass is 276 g/mol. The molecule has 4 nitrogen and oxygen atoms in total. The predicted octanol–water partition coefficient (Wildman–Crippen LogP) is 3.38. The first-order chi connectivity index (χ1) is 9.25. The fourth-order valence-electron chi connectivity index (χ4n) is 1.85. The van der Waals surface area contributed by atoms with Crippen molar-refractivity contribution >= 4 is 16.3 Å². The highest BCUT2D eigenvalue weighted by atomic mass is 32.1. The molecule has 0 saturated heterocycles. The second-order valence-corrected chi connectivity index (χ2v) is 5.21. The Morgan fingerprint density at radius 2 is 2.00 bits per heavy atom. The number of rotatable bonds is 7. The third kappa shape index (κ3) is 4.46. The molecule has 0 aliphatic heterocycles. The molecule has 2 aromatic rings. The lowest BCUT2D eigenvalue weighted by Crippen LogP contribution is -2.14. The van der Waals surface area contributed by atoms with Crippen LogP contribution in [0, 0.1) is 10.1 Å². The first kappa shape index (κ1) is 13.7. The number of nitrogens with zero attached hydrogens (tertiary/aromatic N) is 1. The summed E-state index contributed by atoms with van der Waals surface area (Å²) in [4.78, 5) is 10.2. The zero-order valence-electron chi connectivity index (χ0n) is 10.5. The minimum atomic E-state index is -0.344. The fraction of sp³-hybridized carbons (Fsp3) is 0.286. The van der Waals surface area contributed by atoms with Crippen molar-refractivity contribution in [3.63, 3.8) is 0 Å². The smallest absolute Gasteiger partial charge is 0.313 e. The Hall–Kier alpha value is -1.72. The van der Waals surface area contributed by atoms with Crippen LogP contribution in [-0.2, 0) is 13.0 Å². The summed E-state index contributed by atoms with van der Waals surface area (Å²) in [5.41, 5.74) is 2.33. The molecule has 100 valence electrons. The van der Waals surface area contributed by atoms with Crippen LogP contribution in [0.1, 0.15) is 17.5 Å². The fourth-order valence-corrected chi connectivity index (χ4v) is 2.58. The third-order valence-corrected chi connectivity index (χ3v) is 3.74. The van der Waals surface area contributed by atoms with Crippen LogP contribution in [0.15, 0.2) is 41.8 Å². The van der Waals surface area contributed by atoms with Gasteiger partial charge in [0, 0.05) is 18.0 Å². The molecule has 0 radical (unpaired) electrons. The molecule has 0 fully saturated rings. The van der Waals surface area contributed by atoms with Crippen LogP contribution in [0.4, 0.5) is 5.00 Å². The summed E-state index contributed by atoms with van der Waals surface area (Å²) >= 11 is 1.18. The summed E-state index contributed by atoms with van der Waals surface area (Å²) < 4.78 is 0. The van der Waals surface area contributed by atoms with E-state index in [0.717, 1.165) is 24.9 Å². The lowest BCUT2D eigenvalue weighted by Gasteiger charge is -2.03. The molecule has 0 unspecified atom stereocenters. The number of hydrogen-bond acceptors (Lipinski definition) is 4. The predicted molar refractivity (Wildman–Crippen MR) is 77.4 cm³/mol. The number of benzene rings is 1. The molecule has 0 bridgehead atoms. The van der Waals surface area contributed by atoms with E-state index >= 15 is 0 Å². The largest absolute Gasteiger partial charge is 0.324 e. The highest BCUT2D eigenvalue weighted by Crippen LogP contribution is 2.22. The van der Waals surface area contributed by atoms with E-state index in [1.165, 1.54) is 16.9 Å². The van der Waals surface area contributed by atoms with Gasteiger partial charge in [0.1, 0.15) is 0 Å². The van der Waals surface area contributed by atoms with E-state index in [9.17, 15) is 10.1 Å². The molecule has 2 rings (SSSR count). The molecule has 0 saturated carbocycles. The van der Waals surface area contributed by atoms with E-state index in [1.54, 1.807) is 6.07 Å². The van der Waals surface area contributed by atoms with Crippen LogP contribution >= 0.6 is 11.3 Å². The van der Waals surface area contributed by atoms with Crippen LogP contribution < -0.4 is 5.32 Å². The van der Waals surface area contributed by atoms with Crippen molar-refractivity contribution in [3.8, 4) is 0 Å². The molecule has 0 aliphatic rings. The van der Waals surface area contributed by atoms with Crippen molar-refractivity contribution in [2.45, 2.75) is 19.4 Å². The lowest BCUT2D eigenvalue weighted by molar-refractivity contribution is -0.380. The summed E-state index contributed by atoms with van der Waals surface area (Å²) in [5.74, 6) is 0. The SMILES string of the molecule is O=[N+]([O-])c1cc(CNCCCc2ccccc2)cs1. The Morgan fingerprint density at radius 3 is 2.68 bits per heavy atom. The quantitative estimate of drug-likeness (QED) is 0.479. The normalized spacial score (nSPS) is 10.5. The van der Waals surface area contributed by atoms with Crippen molar-refractivity contribution in [1.29, 1.82) is 0 Å². The van der Waals surface area contributed by atoms with Gasteiger partial charge >= 0.3 is 5.00 Å². The first-order valence-corrected chi connectivity index (χ1v) is 7.10. The second kappa shape index (κ2) is 7.01. The maximum absolute atomic E-state index is 10.5. The molecule has 0 amide bonds. The molecule has 0 atom stereocenters. The van der Waals surface area contributed by atoms with Crippen LogP contribution in [0.2, 0.25) is 0 Å². The molecular weight excluding hydrogens is 260 g/mol. The average molecular weight is 276 g/mol. The Balaban J connectivity index is 1.65. The maximum Gasteiger partial charge on any atom is 0.324 e. The van der Waals surface area contributed by atoms with Crippen molar-refractivity contribution in [2.24, 2.45) is 0 Å². The molecule has 0 spiro atoms. The molecule has 1 heterocycles. The van der Waals surface area contributed by atoms with Gasteiger partial charge in [-0.15, -0.1) is 0 Å². The Kier molecular flexibility index (Phi) is 5.06. The van der Waals surface area contributed by atoms with Gasteiger partial charge in [-0.05, 0) is 30.5 Å². The topological polar surface area (TPSA) is 55.2 Å². The average Bonchev–Trinajstić information content (AvgIpc) is 2.89. The highest BCUT2D eigenvalue weighted by Gasteiger charge is 2.08. The van der Waals surface area contributed by atoms with Crippen LogP contribution in [0.3, 0.4) is 0 Å². The van der Waals surface area contributed by atoms with Gasteiger partial charge in [-0.1, -0.05) is 41.7 Å². The molecule has 1 N–H and O–H groups in total. The van der Waals surface area contributed by atoms with E-state index < -0.39 is 0 Å². The summed E-state index contributed by atoms with van der Waals surface area (Å²) in [7, 11) is 0. The van der Waals surface area contributed by atoms with Gasteiger partial charge in [-0.2, -0.15) is 0 Å². The van der Waals surface area contributed by atoms with Crippen molar-refractivity contribution in [3.05, 3.63) is 63.0 Å². The maximum atomic E-state index is 10.5. The minimum Gasteiger partial charge on any atom is -0.313 e. The number of thiophene rings is 1. The summed E-state index contributed by atoms with van der Waals surface area (Å²) in [6, 6.07) is 12.0. The van der Waals surface area contributed by atoms with E-state index in [0.29, 0.717) is 6.54 Å². The standard InChI is InChI=1S/C14H16N2O2S/c17-16(18)14-9-13(11-19-14)10-15-8-4-7-12-5-2-1-3-6-12/h1-3,5-6,9,11,15H,4,7-8,10H2. The van der Waals surface area contributed by atoms with Crippen molar-refractivity contribution in [2.75, 3.05) is 6.54 Å². The zero-order valence-corrected chi connectivity index (χ0v) is 11.4. The van der Waals surface area contributed by atoms with E-state index in [4.69, 9.17) is 0 Å². The van der Waals surface area contributed by atoms with Gasteiger partial charge in [0.05, 0.1) is 4.92 Å². The van der Waals surface area contributed by atoms with Crippen LogP contribution in [0.25, 0.3) is 0 Å². The van der Waals surface area contributed by atoms with Crippen LogP contribution in [0.5, 0.6) is 0 Å². The number of hydrogen-bond donors (Lipinski definition) is 1.